The van der Waals surface area contributed by atoms with Gasteiger partial charge in [0.2, 0.25) is 0 Å². The Balaban J connectivity index is 1.89. The maximum atomic E-state index is 13.4. The lowest BCUT2D eigenvalue weighted by Crippen LogP contribution is -2.30. The van der Waals surface area contributed by atoms with Gasteiger partial charge in [-0.05, 0) is 44.1 Å². The molecule has 1 heterocycles. The van der Waals surface area contributed by atoms with E-state index in [1.54, 1.807) is 18.2 Å². The van der Waals surface area contributed by atoms with Crippen LogP contribution in [-0.4, -0.2) is 26.2 Å². The minimum atomic E-state index is -0.312. The molecule has 1 aliphatic rings. The van der Waals surface area contributed by atoms with E-state index in [-0.39, 0.29) is 5.82 Å². The highest BCUT2D eigenvalue weighted by Crippen LogP contribution is 2.21. The minimum absolute atomic E-state index is 0.296. The molecule has 3 N–H and O–H groups in total. The van der Waals surface area contributed by atoms with Gasteiger partial charge >= 0.3 is 0 Å². The second-order valence-corrected chi connectivity index (χ2v) is 4.49. The van der Waals surface area contributed by atoms with Gasteiger partial charge in [-0.1, -0.05) is 12.1 Å². The molecule has 0 spiro atoms. The van der Waals surface area contributed by atoms with Crippen LogP contribution in [-0.2, 0) is 0 Å². The van der Waals surface area contributed by atoms with Gasteiger partial charge < -0.3 is 15.8 Å². The summed E-state index contributed by atoms with van der Waals surface area (Å²) in [4.78, 5) is 0. The van der Waals surface area contributed by atoms with Crippen molar-refractivity contribution in [2.24, 2.45) is 17.6 Å². The van der Waals surface area contributed by atoms with Crippen LogP contribution in [0.3, 0.4) is 0 Å². The maximum Gasteiger partial charge on any atom is 0.165 e. The molecule has 0 aromatic heterocycles. The van der Waals surface area contributed by atoms with Gasteiger partial charge in [-0.25, -0.2) is 4.39 Å². The lowest BCUT2D eigenvalue weighted by atomic mass is 9.92. The molecular formula is C13H19FN2O. The molecule has 2 rings (SSSR count). The molecular weight excluding hydrogens is 219 g/mol. The summed E-state index contributed by atoms with van der Waals surface area (Å²) in [5, 5.41) is 3.31. The van der Waals surface area contributed by atoms with Crippen LogP contribution in [0.5, 0.6) is 5.75 Å². The Morgan fingerprint density at radius 3 is 2.94 bits per heavy atom. The minimum Gasteiger partial charge on any atom is -0.490 e. The van der Waals surface area contributed by atoms with Gasteiger partial charge in [-0.3, -0.25) is 0 Å². The highest BCUT2D eigenvalue weighted by atomic mass is 19.1. The molecule has 1 saturated heterocycles. The Morgan fingerprint density at radius 2 is 2.29 bits per heavy atom. The van der Waals surface area contributed by atoms with E-state index >= 15 is 0 Å². The molecule has 1 fully saturated rings. The van der Waals surface area contributed by atoms with Crippen LogP contribution in [0.2, 0.25) is 0 Å². The Kier molecular flexibility index (Phi) is 4.34. The number of hydrogen-bond acceptors (Lipinski definition) is 3. The number of nitrogens with two attached hydrogens (primary N) is 1. The molecule has 1 aliphatic heterocycles. The Bertz CT molecular complexity index is 353. The number of hydrogen-bond donors (Lipinski definition) is 2. The number of rotatable bonds is 5. The van der Waals surface area contributed by atoms with Crippen LogP contribution < -0.4 is 15.8 Å². The summed E-state index contributed by atoms with van der Waals surface area (Å²) >= 11 is 0. The van der Waals surface area contributed by atoms with Crippen molar-refractivity contribution < 1.29 is 9.13 Å². The standard InChI is InChI=1S/C13H19FN2O/c14-12-3-1-2-4-13(12)17-9-11(7-15)10-5-6-16-8-10/h1-4,10-11,16H,5-9,15H2. The second-order valence-electron chi connectivity index (χ2n) is 4.49. The Labute approximate surface area is 101 Å². The SMILES string of the molecule is NCC(COc1ccccc1F)C1CCNC1. The largest absolute Gasteiger partial charge is 0.490 e. The number of halogens is 1. The Hall–Kier alpha value is -1.13. The summed E-state index contributed by atoms with van der Waals surface area (Å²) in [6.07, 6.45) is 1.13. The molecule has 1 aromatic rings. The average molecular weight is 238 g/mol. The molecule has 2 atom stereocenters. The van der Waals surface area contributed by atoms with Crippen LogP contribution in [0, 0.1) is 17.7 Å². The molecule has 0 radical (unpaired) electrons. The normalized spacial score (nSPS) is 21.4. The summed E-state index contributed by atoms with van der Waals surface area (Å²) in [6.45, 7) is 3.11. The van der Waals surface area contributed by atoms with Crippen LogP contribution in [0.25, 0.3) is 0 Å². The van der Waals surface area contributed by atoms with Gasteiger partial charge in [0.1, 0.15) is 0 Å². The van der Waals surface area contributed by atoms with Gasteiger partial charge in [0.25, 0.3) is 0 Å². The number of benzene rings is 1. The monoisotopic (exact) mass is 238 g/mol. The van der Waals surface area contributed by atoms with Gasteiger partial charge in [0.05, 0.1) is 6.61 Å². The molecule has 2 unspecified atom stereocenters. The third kappa shape index (κ3) is 3.17. The smallest absolute Gasteiger partial charge is 0.165 e. The van der Waals surface area contributed by atoms with E-state index in [2.05, 4.69) is 5.32 Å². The first-order chi connectivity index (χ1) is 8.31. The predicted molar refractivity (Wildman–Crippen MR) is 65.4 cm³/mol. The van der Waals surface area contributed by atoms with Crippen LogP contribution in [0.1, 0.15) is 6.42 Å². The molecule has 94 valence electrons. The summed E-state index contributed by atoms with van der Waals surface area (Å²) in [5.74, 6) is 0.848. The topological polar surface area (TPSA) is 47.3 Å². The van der Waals surface area contributed by atoms with E-state index in [0.29, 0.717) is 30.7 Å². The Morgan fingerprint density at radius 1 is 1.47 bits per heavy atom. The van der Waals surface area contributed by atoms with Crippen molar-refractivity contribution >= 4 is 0 Å². The highest BCUT2D eigenvalue weighted by molar-refractivity contribution is 5.23. The number of ether oxygens (including phenoxy) is 1. The fraction of sp³-hybridized carbons (Fsp3) is 0.538. The first-order valence-electron chi connectivity index (χ1n) is 6.09. The maximum absolute atomic E-state index is 13.4. The molecule has 17 heavy (non-hydrogen) atoms. The van der Waals surface area contributed by atoms with Gasteiger partial charge in [-0.2, -0.15) is 0 Å². The zero-order valence-corrected chi connectivity index (χ0v) is 9.86. The molecule has 4 heteroatoms. The van der Waals surface area contributed by atoms with Gasteiger partial charge in [-0.15, -0.1) is 0 Å². The highest BCUT2D eigenvalue weighted by Gasteiger charge is 2.24. The number of nitrogens with one attached hydrogen (secondary N) is 1. The fourth-order valence-electron chi connectivity index (χ4n) is 2.23. The molecule has 0 saturated carbocycles. The van der Waals surface area contributed by atoms with E-state index in [1.807, 2.05) is 0 Å². The van der Waals surface area contributed by atoms with Gasteiger partial charge in [0, 0.05) is 5.92 Å². The summed E-state index contributed by atoms with van der Waals surface area (Å²) in [7, 11) is 0. The zero-order valence-electron chi connectivity index (χ0n) is 9.86. The van der Waals surface area contributed by atoms with Crippen molar-refractivity contribution in [3.05, 3.63) is 30.1 Å². The van der Waals surface area contributed by atoms with E-state index < -0.39 is 0 Å². The second kappa shape index (κ2) is 5.98. The van der Waals surface area contributed by atoms with Crippen LogP contribution >= 0.6 is 0 Å². The van der Waals surface area contributed by atoms with E-state index in [0.717, 1.165) is 19.5 Å². The third-order valence-corrected chi connectivity index (χ3v) is 3.36. The van der Waals surface area contributed by atoms with E-state index in [1.165, 1.54) is 6.07 Å². The van der Waals surface area contributed by atoms with Crippen molar-refractivity contribution in [3.63, 3.8) is 0 Å². The third-order valence-electron chi connectivity index (χ3n) is 3.36. The number of para-hydroxylation sites is 1. The van der Waals surface area contributed by atoms with Crippen molar-refractivity contribution in [2.45, 2.75) is 6.42 Å². The molecule has 0 amide bonds. The van der Waals surface area contributed by atoms with Crippen molar-refractivity contribution in [3.8, 4) is 5.75 Å². The van der Waals surface area contributed by atoms with E-state index in [9.17, 15) is 4.39 Å². The molecule has 3 nitrogen and oxygen atoms in total. The van der Waals surface area contributed by atoms with Crippen LogP contribution in [0.4, 0.5) is 4.39 Å². The quantitative estimate of drug-likeness (QED) is 0.815. The predicted octanol–water partition coefficient (Wildman–Crippen LogP) is 1.39. The summed E-state index contributed by atoms with van der Waals surface area (Å²) < 4.78 is 18.9. The lowest BCUT2D eigenvalue weighted by Gasteiger charge is -2.21. The summed E-state index contributed by atoms with van der Waals surface area (Å²) in [6, 6.07) is 6.48. The molecule has 1 aromatic carbocycles. The lowest BCUT2D eigenvalue weighted by molar-refractivity contribution is 0.200. The van der Waals surface area contributed by atoms with E-state index in [4.69, 9.17) is 10.5 Å². The fourth-order valence-corrected chi connectivity index (χ4v) is 2.23. The van der Waals surface area contributed by atoms with Crippen molar-refractivity contribution in [1.29, 1.82) is 0 Å². The zero-order chi connectivity index (χ0) is 12.1. The van der Waals surface area contributed by atoms with Crippen molar-refractivity contribution in [1.82, 2.24) is 5.32 Å². The van der Waals surface area contributed by atoms with Crippen molar-refractivity contribution in [2.75, 3.05) is 26.2 Å². The average Bonchev–Trinajstić information content (AvgIpc) is 2.86. The molecule has 0 aliphatic carbocycles. The first kappa shape index (κ1) is 12.3. The van der Waals surface area contributed by atoms with Gasteiger partial charge in [0.15, 0.2) is 11.6 Å². The van der Waals surface area contributed by atoms with Crippen LogP contribution in [0.15, 0.2) is 24.3 Å². The molecule has 0 bridgehead atoms. The first-order valence-corrected chi connectivity index (χ1v) is 6.09. The summed E-state index contributed by atoms with van der Waals surface area (Å²) in [5.41, 5.74) is 5.75.